The molecule has 1 nitrogen and oxygen atoms in total. The molecule has 0 atom stereocenters. The van der Waals surface area contributed by atoms with Crippen LogP contribution in [0.5, 0.6) is 0 Å². The molecule has 3 heteroatoms. The van der Waals surface area contributed by atoms with Crippen molar-refractivity contribution >= 4 is 34.8 Å². The zero-order chi connectivity index (χ0) is 13.9. The summed E-state index contributed by atoms with van der Waals surface area (Å²) in [6.07, 6.45) is 4.25. The second-order valence-corrected chi connectivity index (χ2v) is 6.58. The monoisotopic (exact) mass is 297 g/mol. The Bertz CT molecular complexity index is 732. The molecule has 0 unspecified atom stereocenters. The Morgan fingerprint density at radius 3 is 2.45 bits per heavy atom. The summed E-state index contributed by atoms with van der Waals surface area (Å²) in [6, 6.07) is 10.6. The average molecular weight is 297 g/mol. The Kier molecular flexibility index (Phi) is 3.81. The van der Waals surface area contributed by atoms with Gasteiger partial charge >= 0.3 is 0 Å². The number of aromatic nitrogens is 1. The molecule has 0 amide bonds. The van der Waals surface area contributed by atoms with E-state index in [1.165, 1.54) is 21.6 Å². The number of hydrogen-bond donors (Lipinski definition) is 0. The molecule has 0 aliphatic rings. The van der Waals surface area contributed by atoms with Crippen molar-refractivity contribution in [1.82, 2.24) is 4.98 Å². The van der Waals surface area contributed by atoms with E-state index in [2.05, 4.69) is 72.1 Å². The van der Waals surface area contributed by atoms with Gasteiger partial charge in [0.2, 0.25) is 0 Å². The highest BCUT2D eigenvalue weighted by atomic mass is 32.1. The molecule has 0 fully saturated rings. The summed E-state index contributed by atoms with van der Waals surface area (Å²) in [5.41, 5.74) is 4.83. The van der Waals surface area contributed by atoms with E-state index in [1.807, 2.05) is 0 Å². The van der Waals surface area contributed by atoms with Crippen LogP contribution in [0.15, 0.2) is 41.1 Å². The lowest BCUT2D eigenvalue weighted by Gasteiger charge is -1.96. The van der Waals surface area contributed by atoms with Gasteiger partial charge in [-0.2, -0.15) is 0 Å². The predicted octanol–water partition coefficient (Wildman–Crippen LogP) is 5.66. The van der Waals surface area contributed by atoms with Gasteiger partial charge < -0.3 is 0 Å². The molecule has 2 heterocycles. The molecular formula is C17H15NS2. The van der Waals surface area contributed by atoms with Crippen molar-refractivity contribution < 1.29 is 0 Å². The molecule has 3 aromatic rings. The largest absolute Gasteiger partial charge is 0.237 e. The van der Waals surface area contributed by atoms with Crippen molar-refractivity contribution in [2.24, 2.45) is 0 Å². The molecule has 0 N–H and O–H groups in total. The van der Waals surface area contributed by atoms with Crippen LogP contribution < -0.4 is 0 Å². The summed E-state index contributed by atoms with van der Waals surface area (Å²) >= 11 is 3.45. The lowest BCUT2D eigenvalue weighted by molar-refractivity contribution is 1.37. The van der Waals surface area contributed by atoms with Crippen molar-refractivity contribution in [3.05, 3.63) is 62.1 Å². The molecule has 1 aromatic carbocycles. The van der Waals surface area contributed by atoms with E-state index in [4.69, 9.17) is 0 Å². The average Bonchev–Trinajstić information content (AvgIpc) is 3.06. The Morgan fingerprint density at radius 2 is 1.75 bits per heavy atom. The van der Waals surface area contributed by atoms with Crippen LogP contribution in [-0.4, -0.2) is 4.98 Å². The van der Waals surface area contributed by atoms with Crippen LogP contribution in [0.2, 0.25) is 0 Å². The van der Waals surface area contributed by atoms with E-state index in [-0.39, 0.29) is 0 Å². The molecule has 2 aromatic heterocycles. The first kappa shape index (κ1) is 13.3. The van der Waals surface area contributed by atoms with E-state index in [9.17, 15) is 0 Å². The van der Waals surface area contributed by atoms with E-state index >= 15 is 0 Å². The van der Waals surface area contributed by atoms with Crippen LogP contribution in [0.1, 0.15) is 21.0 Å². The van der Waals surface area contributed by atoms with E-state index in [0.717, 1.165) is 10.7 Å². The van der Waals surface area contributed by atoms with Gasteiger partial charge in [0.15, 0.2) is 0 Å². The fraction of sp³-hybridized carbons (Fsp3) is 0.118. The van der Waals surface area contributed by atoms with Crippen LogP contribution in [0, 0.1) is 13.8 Å². The summed E-state index contributed by atoms with van der Waals surface area (Å²) in [5.74, 6) is 0. The first-order valence-electron chi connectivity index (χ1n) is 6.47. The molecule has 3 rings (SSSR count). The predicted molar refractivity (Wildman–Crippen MR) is 90.3 cm³/mol. The van der Waals surface area contributed by atoms with Crippen molar-refractivity contribution in [2.75, 3.05) is 0 Å². The van der Waals surface area contributed by atoms with Gasteiger partial charge in [-0.1, -0.05) is 29.8 Å². The highest BCUT2D eigenvalue weighted by Crippen LogP contribution is 2.24. The zero-order valence-corrected chi connectivity index (χ0v) is 13.1. The van der Waals surface area contributed by atoms with Crippen molar-refractivity contribution in [2.45, 2.75) is 13.8 Å². The van der Waals surface area contributed by atoms with Crippen LogP contribution in [-0.2, 0) is 0 Å². The Balaban J connectivity index is 1.82. The summed E-state index contributed by atoms with van der Waals surface area (Å²) in [6.45, 7) is 4.23. The third-order valence-corrected chi connectivity index (χ3v) is 4.94. The van der Waals surface area contributed by atoms with Crippen LogP contribution in [0.4, 0.5) is 0 Å². The lowest BCUT2D eigenvalue weighted by Crippen LogP contribution is -1.78. The summed E-state index contributed by atoms with van der Waals surface area (Å²) in [7, 11) is 0. The maximum atomic E-state index is 4.68. The quantitative estimate of drug-likeness (QED) is 0.608. The fourth-order valence-corrected chi connectivity index (χ4v) is 3.46. The lowest BCUT2D eigenvalue weighted by atomic mass is 10.1. The second-order valence-electron chi connectivity index (χ2n) is 4.74. The van der Waals surface area contributed by atoms with E-state index < -0.39 is 0 Å². The van der Waals surface area contributed by atoms with Crippen molar-refractivity contribution in [1.29, 1.82) is 0 Å². The molecule has 0 aliphatic carbocycles. The smallest absolute Gasteiger partial charge is 0.116 e. The molecule has 100 valence electrons. The topological polar surface area (TPSA) is 12.9 Å². The molecule has 0 saturated carbocycles. The number of nitrogens with zero attached hydrogens (tertiary/aromatic N) is 1. The minimum atomic E-state index is 1.05. The molecule has 0 aliphatic heterocycles. The molecule has 20 heavy (non-hydrogen) atoms. The van der Waals surface area contributed by atoms with Gasteiger partial charge in [0, 0.05) is 15.8 Å². The van der Waals surface area contributed by atoms with Crippen LogP contribution in [0.3, 0.4) is 0 Å². The second kappa shape index (κ2) is 5.73. The van der Waals surface area contributed by atoms with Gasteiger partial charge in [-0.05, 0) is 43.0 Å². The molecule has 0 bridgehead atoms. The normalized spacial score (nSPS) is 11.3. The number of hydrogen-bond acceptors (Lipinski definition) is 3. The molecule has 0 radical (unpaired) electrons. The third-order valence-electron chi connectivity index (χ3n) is 3.15. The highest BCUT2D eigenvalue weighted by molar-refractivity contribution is 7.11. The summed E-state index contributed by atoms with van der Waals surface area (Å²) in [5, 5.41) is 5.29. The van der Waals surface area contributed by atoms with E-state index in [1.54, 1.807) is 22.7 Å². The highest BCUT2D eigenvalue weighted by Gasteiger charge is 2.02. The third kappa shape index (κ3) is 2.89. The fourth-order valence-electron chi connectivity index (χ4n) is 1.92. The Hall–Kier alpha value is -1.71. The summed E-state index contributed by atoms with van der Waals surface area (Å²) < 4.78 is 0. The number of rotatable bonds is 3. The van der Waals surface area contributed by atoms with Gasteiger partial charge in [-0.3, -0.25) is 0 Å². The molecule has 0 spiro atoms. The number of thiazole rings is 1. The minimum Gasteiger partial charge on any atom is -0.237 e. The number of aryl methyl sites for hydroxylation is 2. The Morgan fingerprint density at radius 1 is 0.950 bits per heavy atom. The minimum absolute atomic E-state index is 1.05. The van der Waals surface area contributed by atoms with Crippen LogP contribution >= 0.6 is 22.7 Å². The summed E-state index contributed by atoms with van der Waals surface area (Å²) in [4.78, 5) is 5.98. The molecule has 0 saturated heterocycles. The van der Waals surface area contributed by atoms with Crippen molar-refractivity contribution in [3.63, 3.8) is 0 Å². The van der Waals surface area contributed by atoms with Gasteiger partial charge in [0.05, 0.1) is 5.69 Å². The van der Waals surface area contributed by atoms with Crippen molar-refractivity contribution in [3.8, 4) is 11.3 Å². The first-order chi connectivity index (χ1) is 9.72. The Labute approximate surface area is 127 Å². The van der Waals surface area contributed by atoms with Gasteiger partial charge in [-0.25, -0.2) is 4.98 Å². The van der Waals surface area contributed by atoms with Gasteiger partial charge in [0.25, 0.3) is 0 Å². The maximum Gasteiger partial charge on any atom is 0.116 e. The zero-order valence-electron chi connectivity index (χ0n) is 11.5. The van der Waals surface area contributed by atoms with E-state index in [0.29, 0.717) is 0 Å². The SMILES string of the molecule is Cc1ccc(-c2csc(C=Cc3sccc3C)n2)cc1. The molecular weight excluding hydrogens is 282 g/mol. The number of benzene rings is 1. The standard InChI is InChI=1S/C17H15NS2/c1-12-3-5-14(6-4-12)15-11-20-17(18-15)8-7-16-13(2)9-10-19-16/h3-11H,1-2H3. The van der Waals surface area contributed by atoms with Gasteiger partial charge in [0.1, 0.15) is 5.01 Å². The number of thiophene rings is 1. The van der Waals surface area contributed by atoms with Crippen LogP contribution in [0.25, 0.3) is 23.4 Å². The van der Waals surface area contributed by atoms with Gasteiger partial charge in [-0.15, -0.1) is 22.7 Å². The first-order valence-corrected chi connectivity index (χ1v) is 8.23. The maximum absolute atomic E-state index is 4.68.